The van der Waals surface area contributed by atoms with E-state index in [4.69, 9.17) is 4.74 Å². The van der Waals surface area contributed by atoms with Gasteiger partial charge in [-0.15, -0.1) is 10.2 Å². The van der Waals surface area contributed by atoms with Gasteiger partial charge in [0, 0.05) is 38.3 Å². The van der Waals surface area contributed by atoms with E-state index in [9.17, 15) is 13.6 Å². The quantitative estimate of drug-likeness (QED) is 0.467. The van der Waals surface area contributed by atoms with Crippen molar-refractivity contribution in [1.82, 2.24) is 25.0 Å². The van der Waals surface area contributed by atoms with Crippen molar-refractivity contribution in [2.45, 2.75) is 30.4 Å². The van der Waals surface area contributed by atoms with E-state index >= 15 is 0 Å². The largest absolute Gasteiger partial charge is 0.379 e. The van der Waals surface area contributed by atoms with Gasteiger partial charge in [-0.1, -0.05) is 23.9 Å². The van der Waals surface area contributed by atoms with Crippen LogP contribution in [0, 0.1) is 11.6 Å². The summed E-state index contributed by atoms with van der Waals surface area (Å²) in [7, 11) is 0. The van der Waals surface area contributed by atoms with Gasteiger partial charge in [0.25, 0.3) is 0 Å². The van der Waals surface area contributed by atoms with E-state index in [-0.39, 0.29) is 17.5 Å². The number of hydrogen-bond donors (Lipinski definition) is 1. The molecule has 2 heterocycles. The number of morpholine rings is 1. The molecule has 180 valence electrons. The van der Waals surface area contributed by atoms with Crippen LogP contribution >= 0.6 is 11.8 Å². The van der Waals surface area contributed by atoms with Gasteiger partial charge in [0.15, 0.2) is 11.0 Å². The molecule has 1 amide bonds. The van der Waals surface area contributed by atoms with Crippen molar-refractivity contribution in [3.63, 3.8) is 0 Å². The highest BCUT2D eigenvalue weighted by molar-refractivity contribution is 8.00. The highest BCUT2D eigenvalue weighted by atomic mass is 32.2. The van der Waals surface area contributed by atoms with Crippen LogP contribution in [0.2, 0.25) is 0 Å². The van der Waals surface area contributed by atoms with Crippen LogP contribution in [-0.4, -0.2) is 63.7 Å². The number of ether oxygens (including phenoxy) is 1. The Morgan fingerprint density at radius 3 is 2.35 bits per heavy atom. The first kappa shape index (κ1) is 24.3. The maximum absolute atomic E-state index is 13.4. The first-order valence-corrected chi connectivity index (χ1v) is 12.1. The van der Waals surface area contributed by atoms with Gasteiger partial charge in [0.1, 0.15) is 11.6 Å². The molecule has 1 atom stereocenters. The van der Waals surface area contributed by atoms with Crippen LogP contribution in [0.3, 0.4) is 0 Å². The molecular weight excluding hydrogens is 460 g/mol. The van der Waals surface area contributed by atoms with Crippen molar-refractivity contribution >= 4 is 17.7 Å². The van der Waals surface area contributed by atoms with Gasteiger partial charge in [0.2, 0.25) is 5.91 Å². The van der Waals surface area contributed by atoms with Crippen LogP contribution in [0.1, 0.15) is 12.5 Å². The van der Waals surface area contributed by atoms with E-state index in [0.29, 0.717) is 37.3 Å². The second-order valence-corrected chi connectivity index (χ2v) is 9.33. The minimum atomic E-state index is -0.423. The lowest BCUT2D eigenvalue weighted by molar-refractivity contribution is -0.120. The van der Waals surface area contributed by atoms with Crippen molar-refractivity contribution in [3.8, 4) is 11.4 Å². The highest BCUT2D eigenvalue weighted by Gasteiger charge is 2.22. The number of hydrogen-bond acceptors (Lipinski definition) is 6. The number of halogens is 2. The van der Waals surface area contributed by atoms with Crippen molar-refractivity contribution < 1.29 is 18.3 Å². The molecule has 1 aromatic heterocycles. The molecule has 1 N–H and O–H groups in total. The molecule has 1 saturated heterocycles. The number of nitrogens with one attached hydrogen (secondary N) is 1. The zero-order valence-electron chi connectivity index (χ0n) is 18.9. The van der Waals surface area contributed by atoms with Gasteiger partial charge in [-0.2, -0.15) is 0 Å². The highest BCUT2D eigenvalue weighted by Crippen LogP contribution is 2.27. The Kier molecular flexibility index (Phi) is 8.25. The number of benzene rings is 2. The molecule has 34 heavy (non-hydrogen) atoms. The van der Waals surface area contributed by atoms with Gasteiger partial charge < -0.3 is 14.6 Å². The summed E-state index contributed by atoms with van der Waals surface area (Å²) in [6.45, 7) is 6.68. The minimum Gasteiger partial charge on any atom is -0.379 e. The zero-order chi connectivity index (χ0) is 23.9. The fourth-order valence-corrected chi connectivity index (χ4v) is 4.50. The lowest BCUT2D eigenvalue weighted by Crippen LogP contribution is -2.38. The monoisotopic (exact) mass is 487 g/mol. The second kappa shape index (κ2) is 11.5. The van der Waals surface area contributed by atoms with Crippen LogP contribution in [0.5, 0.6) is 0 Å². The maximum atomic E-state index is 13.4. The van der Waals surface area contributed by atoms with Crippen LogP contribution in [0.4, 0.5) is 8.78 Å². The third-order valence-electron chi connectivity index (χ3n) is 5.59. The van der Waals surface area contributed by atoms with E-state index in [0.717, 1.165) is 30.8 Å². The first-order valence-electron chi connectivity index (χ1n) is 11.2. The smallest absolute Gasteiger partial charge is 0.233 e. The van der Waals surface area contributed by atoms with Gasteiger partial charge in [0.05, 0.1) is 18.5 Å². The topological polar surface area (TPSA) is 72.3 Å². The Labute approximate surface area is 201 Å². The Morgan fingerprint density at radius 2 is 1.68 bits per heavy atom. The molecule has 0 spiro atoms. The molecule has 3 aromatic rings. The third kappa shape index (κ3) is 6.40. The summed E-state index contributed by atoms with van der Waals surface area (Å²) in [5.41, 5.74) is 1.58. The third-order valence-corrected chi connectivity index (χ3v) is 6.67. The summed E-state index contributed by atoms with van der Waals surface area (Å²) >= 11 is 1.32. The number of amides is 1. The first-order chi connectivity index (χ1) is 16.5. The molecule has 0 bridgehead atoms. The average molecular weight is 488 g/mol. The van der Waals surface area contributed by atoms with E-state index in [1.165, 1.54) is 36.0 Å². The van der Waals surface area contributed by atoms with Gasteiger partial charge >= 0.3 is 0 Å². The van der Waals surface area contributed by atoms with Crippen molar-refractivity contribution in [2.75, 3.05) is 32.8 Å². The minimum absolute atomic E-state index is 0.152. The molecule has 0 saturated carbocycles. The Morgan fingerprint density at radius 1 is 1.03 bits per heavy atom. The SMILES string of the molecule is CC(Sc1nnc(-c2ccc(F)cc2)n1CCN1CCOCC1)C(=O)NCc1ccc(F)cc1. The Bertz CT molecular complexity index is 1090. The Balaban J connectivity index is 1.46. The molecule has 1 unspecified atom stereocenters. The second-order valence-electron chi connectivity index (χ2n) is 8.02. The van der Waals surface area contributed by atoms with Crippen molar-refractivity contribution in [2.24, 2.45) is 0 Å². The van der Waals surface area contributed by atoms with Crippen molar-refractivity contribution in [3.05, 3.63) is 65.7 Å². The molecule has 2 aromatic carbocycles. The van der Waals surface area contributed by atoms with Crippen LogP contribution < -0.4 is 5.32 Å². The summed E-state index contributed by atoms with van der Waals surface area (Å²) in [4.78, 5) is 15.0. The number of carbonyl (C=O) groups is 1. The number of nitrogens with zero attached hydrogens (tertiary/aromatic N) is 4. The predicted molar refractivity (Wildman–Crippen MR) is 126 cm³/mol. The summed E-state index contributed by atoms with van der Waals surface area (Å²) in [5, 5.41) is 11.8. The van der Waals surface area contributed by atoms with E-state index in [1.54, 1.807) is 24.3 Å². The summed E-state index contributed by atoms with van der Waals surface area (Å²) in [6, 6.07) is 12.2. The summed E-state index contributed by atoms with van der Waals surface area (Å²) in [5.74, 6) is -0.147. The predicted octanol–water partition coefficient (Wildman–Crippen LogP) is 3.35. The van der Waals surface area contributed by atoms with E-state index in [2.05, 4.69) is 20.4 Å². The average Bonchev–Trinajstić information content (AvgIpc) is 3.25. The lowest BCUT2D eigenvalue weighted by Gasteiger charge is -2.27. The molecule has 0 radical (unpaired) electrons. The summed E-state index contributed by atoms with van der Waals surface area (Å²) in [6.07, 6.45) is 0. The van der Waals surface area contributed by atoms with Gasteiger partial charge in [-0.25, -0.2) is 8.78 Å². The molecule has 1 aliphatic heterocycles. The lowest BCUT2D eigenvalue weighted by atomic mass is 10.2. The number of aromatic nitrogens is 3. The normalized spacial score (nSPS) is 15.3. The molecule has 1 aliphatic rings. The molecule has 4 rings (SSSR count). The molecular formula is C24H27F2N5O2S. The summed E-state index contributed by atoms with van der Waals surface area (Å²) < 4.78 is 33.9. The number of thioether (sulfide) groups is 1. The molecule has 10 heteroatoms. The fourth-order valence-electron chi connectivity index (χ4n) is 3.60. The van der Waals surface area contributed by atoms with E-state index < -0.39 is 5.25 Å². The van der Waals surface area contributed by atoms with E-state index in [1.807, 2.05) is 11.5 Å². The van der Waals surface area contributed by atoms with Gasteiger partial charge in [-0.05, 0) is 48.9 Å². The molecule has 7 nitrogen and oxygen atoms in total. The standard InChI is InChI=1S/C24H27F2N5O2S/c1-17(23(32)27-16-18-2-6-20(25)7-3-18)34-24-29-28-22(19-4-8-21(26)9-5-19)31(24)11-10-30-12-14-33-15-13-30/h2-9,17H,10-16H2,1H3,(H,27,32). The molecule has 0 aliphatic carbocycles. The van der Waals surface area contributed by atoms with Crippen LogP contribution in [-0.2, 0) is 22.6 Å². The van der Waals surface area contributed by atoms with Gasteiger partial charge in [-0.3, -0.25) is 9.69 Å². The zero-order valence-corrected chi connectivity index (χ0v) is 19.7. The Hall–Kier alpha value is -2.82. The number of rotatable bonds is 9. The van der Waals surface area contributed by atoms with Crippen LogP contribution in [0.25, 0.3) is 11.4 Å². The molecule has 1 fully saturated rings. The maximum Gasteiger partial charge on any atom is 0.233 e. The van der Waals surface area contributed by atoms with Crippen LogP contribution in [0.15, 0.2) is 53.7 Å². The van der Waals surface area contributed by atoms with Crippen molar-refractivity contribution in [1.29, 1.82) is 0 Å². The number of carbonyl (C=O) groups excluding carboxylic acids is 1. The fraction of sp³-hybridized carbons (Fsp3) is 0.375.